The molecule has 0 aromatic carbocycles. The molecule has 0 spiro atoms. The smallest absolute Gasteiger partial charge is 0.326 e. The fourth-order valence-electron chi connectivity index (χ4n) is 1.61. The number of hydrogen-bond donors (Lipinski definition) is 2. The van der Waals surface area contributed by atoms with Crippen molar-refractivity contribution in [3.05, 3.63) is 5.53 Å². The van der Waals surface area contributed by atoms with Crippen molar-refractivity contribution in [2.24, 2.45) is 0 Å². The number of amides is 1. The fraction of sp³-hybridized carbons (Fsp3) is 0.667. The zero-order valence-corrected chi connectivity index (χ0v) is 14.0. The zero-order valence-electron chi connectivity index (χ0n) is 12.4. The van der Waals surface area contributed by atoms with E-state index < -0.39 is 40.1 Å². The molecule has 0 aromatic rings. The molecule has 3 unspecified atom stereocenters. The fourth-order valence-corrected chi connectivity index (χ4v) is 3.05. The monoisotopic (exact) mass is 349 g/mol. The summed E-state index contributed by atoms with van der Waals surface area (Å²) in [4.78, 5) is 36.9. The van der Waals surface area contributed by atoms with Gasteiger partial charge in [-0.1, -0.05) is 0 Å². The highest BCUT2D eigenvalue weighted by molar-refractivity contribution is 7.98. The second-order valence-electron chi connectivity index (χ2n) is 4.42. The van der Waals surface area contributed by atoms with Crippen molar-refractivity contribution < 1.29 is 28.8 Å². The minimum Gasteiger partial charge on any atom is -0.616 e. The SMILES string of the molecule is CSCCC(C(=O)NC(CCC(=O)C=[N+]=[N-])C(=O)O)[S+](C)[O-]. The standard InChI is InChI=1S/C12H19N3O5S2/c1-21-6-5-10(22(2)20)11(17)15-9(12(18)19)4-3-8(16)7-14-13/h7,9-10H,3-6H2,1-2H3,(H,15,17)(H,18,19). The van der Waals surface area contributed by atoms with Crippen LogP contribution in [0.15, 0.2) is 0 Å². The number of nitrogens with one attached hydrogen (secondary N) is 1. The van der Waals surface area contributed by atoms with Gasteiger partial charge < -0.3 is 20.5 Å². The van der Waals surface area contributed by atoms with E-state index in [9.17, 15) is 18.9 Å². The van der Waals surface area contributed by atoms with Gasteiger partial charge in [0.25, 0.3) is 5.91 Å². The van der Waals surface area contributed by atoms with Crippen LogP contribution in [0.3, 0.4) is 0 Å². The van der Waals surface area contributed by atoms with E-state index in [1.54, 1.807) is 0 Å². The van der Waals surface area contributed by atoms with Gasteiger partial charge in [-0.05, 0) is 29.6 Å². The average Bonchev–Trinajstić information content (AvgIpc) is 2.43. The van der Waals surface area contributed by atoms with Crippen LogP contribution >= 0.6 is 11.8 Å². The van der Waals surface area contributed by atoms with Crippen molar-refractivity contribution in [1.29, 1.82) is 0 Å². The molecule has 0 saturated heterocycles. The normalized spacial score (nSPS) is 14.3. The van der Waals surface area contributed by atoms with Gasteiger partial charge in [-0.2, -0.15) is 16.6 Å². The summed E-state index contributed by atoms with van der Waals surface area (Å²) < 4.78 is 11.6. The first-order chi connectivity index (χ1) is 10.3. The first kappa shape index (κ1) is 20.6. The van der Waals surface area contributed by atoms with Gasteiger partial charge in [0.05, 0.1) is 6.26 Å². The van der Waals surface area contributed by atoms with Crippen molar-refractivity contribution in [1.82, 2.24) is 5.32 Å². The van der Waals surface area contributed by atoms with Crippen molar-refractivity contribution in [3.63, 3.8) is 0 Å². The van der Waals surface area contributed by atoms with Gasteiger partial charge >= 0.3 is 12.2 Å². The van der Waals surface area contributed by atoms with Crippen molar-refractivity contribution in [2.45, 2.75) is 30.6 Å². The Morgan fingerprint density at radius 1 is 1.45 bits per heavy atom. The number of hydrogen-bond acceptors (Lipinski definition) is 5. The van der Waals surface area contributed by atoms with E-state index in [4.69, 9.17) is 10.6 Å². The van der Waals surface area contributed by atoms with Gasteiger partial charge in [-0.3, -0.25) is 9.59 Å². The van der Waals surface area contributed by atoms with Gasteiger partial charge in [0.2, 0.25) is 5.78 Å². The molecule has 0 bridgehead atoms. The number of Topliss-reactive ketones (excluding diaryl/α,β-unsaturated/α-hetero) is 1. The number of carbonyl (C=O) groups is 3. The molecule has 0 radical (unpaired) electrons. The first-order valence-electron chi connectivity index (χ1n) is 6.38. The Hall–Kier alpha value is -1.35. The molecule has 0 saturated carbocycles. The summed E-state index contributed by atoms with van der Waals surface area (Å²) >= 11 is 0.0761. The molecular weight excluding hydrogens is 330 g/mol. The summed E-state index contributed by atoms with van der Waals surface area (Å²) in [5.74, 6) is -1.82. The molecule has 124 valence electrons. The highest BCUT2D eigenvalue weighted by Crippen LogP contribution is 2.10. The van der Waals surface area contributed by atoms with Crippen LogP contribution < -0.4 is 5.32 Å². The molecule has 2 N–H and O–H groups in total. The highest BCUT2D eigenvalue weighted by atomic mass is 32.2. The lowest BCUT2D eigenvalue weighted by Gasteiger charge is -2.20. The van der Waals surface area contributed by atoms with Crippen LogP contribution in [0.2, 0.25) is 0 Å². The molecule has 0 heterocycles. The number of ketones is 1. The highest BCUT2D eigenvalue weighted by Gasteiger charge is 2.31. The van der Waals surface area contributed by atoms with Gasteiger partial charge in [-0.25, -0.2) is 4.79 Å². The molecule has 8 nitrogen and oxygen atoms in total. The van der Waals surface area contributed by atoms with Crippen molar-refractivity contribution in [2.75, 3.05) is 18.3 Å². The number of nitrogens with zero attached hydrogens (tertiary/aromatic N) is 2. The maximum absolute atomic E-state index is 12.0. The van der Waals surface area contributed by atoms with Gasteiger partial charge in [0.15, 0.2) is 5.25 Å². The Kier molecular flexibility index (Phi) is 10.6. The third-order valence-corrected chi connectivity index (χ3v) is 4.67. The van der Waals surface area contributed by atoms with Crippen LogP contribution in [0.5, 0.6) is 0 Å². The Balaban J connectivity index is 4.70. The largest absolute Gasteiger partial charge is 0.616 e. The number of aliphatic carboxylic acids is 1. The van der Waals surface area contributed by atoms with Crippen LogP contribution in [0.4, 0.5) is 0 Å². The summed E-state index contributed by atoms with van der Waals surface area (Å²) in [6.07, 6.45) is 3.95. The van der Waals surface area contributed by atoms with E-state index in [1.165, 1.54) is 18.0 Å². The number of rotatable bonds is 11. The molecule has 1 amide bonds. The Morgan fingerprint density at radius 3 is 2.55 bits per heavy atom. The van der Waals surface area contributed by atoms with E-state index in [0.717, 1.165) is 0 Å². The topological polar surface area (TPSA) is 143 Å². The number of carboxylic acid groups (broad SMARTS) is 1. The minimum absolute atomic E-state index is 0.141. The maximum Gasteiger partial charge on any atom is 0.326 e. The van der Waals surface area contributed by atoms with E-state index in [1.807, 2.05) is 6.26 Å². The lowest BCUT2D eigenvalue weighted by atomic mass is 10.1. The molecule has 0 aliphatic rings. The molecule has 0 aromatic heterocycles. The van der Waals surface area contributed by atoms with Crippen LogP contribution in [-0.4, -0.2) is 67.9 Å². The Bertz CT molecular complexity index is 452. The molecule has 3 atom stereocenters. The quantitative estimate of drug-likeness (QED) is 0.227. The van der Waals surface area contributed by atoms with E-state index in [2.05, 4.69) is 10.1 Å². The predicted octanol–water partition coefficient (Wildman–Crippen LogP) is -0.294. The van der Waals surface area contributed by atoms with Crippen molar-refractivity contribution >= 4 is 46.8 Å². The summed E-state index contributed by atoms with van der Waals surface area (Å²) in [5.41, 5.74) is 8.20. The second-order valence-corrected chi connectivity index (χ2v) is 6.97. The van der Waals surface area contributed by atoms with E-state index >= 15 is 0 Å². The second kappa shape index (κ2) is 11.2. The van der Waals surface area contributed by atoms with Gasteiger partial charge in [-0.15, -0.1) is 0 Å². The Labute approximate surface area is 135 Å². The molecule has 0 rings (SSSR count). The molecule has 22 heavy (non-hydrogen) atoms. The molecule has 0 aliphatic carbocycles. The van der Waals surface area contributed by atoms with Crippen LogP contribution in [-0.2, 0) is 25.6 Å². The van der Waals surface area contributed by atoms with Crippen LogP contribution in [0.25, 0.3) is 5.53 Å². The molecule has 0 fully saturated rings. The number of carbonyl (C=O) groups excluding carboxylic acids is 2. The predicted molar refractivity (Wildman–Crippen MR) is 84.3 cm³/mol. The van der Waals surface area contributed by atoms with Crippen LogP contribution in [0, 0.1) is 0 Å². The number of carboxylic acids is 1. The average molecular weight is 349 g/mol. The lowest BCUT2D eigenvalue weighted by molar-refractivity contribution is -0.142. The van der Waals surface area contributed by atoms with E-state index in [0.29, 0.717) is 18.4 Å². The summed E-state index contributed by atoms with van der Waals surface area (Å²) in [6, 6.07) is -1.26. The number of thioether (sulfide) groups is 1. The molecule has 0 aliphatic heterocycles. The zero-order chi connectivity index (χ0) is 17.1. The summed E-state index contributed by atoms with van der Waals surface area (Å²) in [5, 5.41) is 10.6. The van der Waals surface area contributed by atoms with Gasteiger partial charge in [0.1, 0.15) is 6.04 Å². The molecular formula is C12H19N3O5S2. The molecule has 10 heteroatoms. The Morgan fingerprint density at radius 2 is 2.09 bits per heavy atom. The maximum atomic E-state index is 12.0. The summed E-state index contributed by atoms with van der Waals surface area (Å²) in [6.45, 7) is 0. The third kappa shape index (κ3) is 8.18. The third-order valence-electron chi connectivity index (χ3n) is 2.77. The van der Waals surface area contributed by atoms with Crippen molar-refractivity contribution in [3.8, 4) is 0 Å². The lowest BCUT2D eigenvalue weighted by Crippen LogP contribution is -2.48. The van der Waals surface area contributed by atoms with Crippen LogP contribution in [0.1, 0.15) is 19.3 Å². The minimum atomic E-state index is -1.42. The van der Waals surface area contributed by atoms with Gasteiger partial charge in [0, 0.05) is 12.8 Å². The van der Waals surface area contributed by atoms with E-state index in [-0.39, 0.29) is 12.8 Å². The first-order valence-corrected chi connectivity index (χ1v) is 9.39. The summed E-state index contributed by atoms with van der Waals surface area (Å²) in [7, 11) is 0.